The highest BCUT2D eigenvalue weighted by molar-refractivity contribution is 7.99. The highest BCUT2D eigenvalue weighted by Gasteiger charge is 2.17. The van der Waals surface area contributed by atoms with E-state index in [-0.39, 0.29) is 4.75 Å². The Morgan fingerprint density at radius 2 is 1.94 bits per heavy atom. The highest BCUT2D eigenvalue weighted by Crippen LogP contribution is 2.21. The van der Waals surface area contributed by atoms with Gasteiger partial charge in [-0.15, -0.1) is 0 Å². The average Bonchev–Trinajstić information content (AvgIpc) is 2.38. The Morgan fingerprint density at radius 1 is 1.28 bits per heavy atom. The normalized spacial score (nSPS) is 18.8. The van der Waals surface area contributed by atoms with Gasteiger partial charge in [0.05, 0.1) is 6.54 Å². The molecule has 0 bridgehead atoms. The van der Waals surface area contributed by atoms with Crippen LogP contribution in [0, 0.1) is 0 Å². The predicted molar refractivity (Wildman–Crippen MR) is 83.6 cm³/mol. The van der Waals surface area contributed by atoms with Crippen molar-refractivity contribution >= 4 is 17.7 Å². The van der Waals surface area contributed by atoms with E-state index in [0.29, 0.717) is 6.04 Å². The van der Waals surface area contributed by atoms with Crippen LogP contribution in [-0.2, 0) is 0 Å². The number of aliphatic imine (C=N–C) groups is 1. The Kier molecular flexibility index (Phi) is 6.90. The van der Waals surface area contributed by atoms with Gasteiger partial charge in [-0.2, -0.15) is 11.8 Å². The van der Waals surface area contributed by atoms with E-state index in [1.165, 1.54) is 32.1 Å². The third kappa shape index (κ3) is 5.98. The lowest BCUT2D eigenvalue weighted by atomic mass is 9.96. The fraction of sp³-hybridized carbons (Fsp3) is 0.929. The first-order chi connectivity index (χ1) is 8.57. The average molecular weight is 271 g/mol. The number of hydrogen-bond acceptors (Lipinski definition) is 2. The van der Waals surface area contributed by atoms with Gasteiger partial charge in [0.2, 0.25) is 0 Å². The number of rotatable bonds is 5. The summed E-state index contributed by atoms with van der Waals surface area (Å²) in [5, 5.41) is 6.94. The maximum absolute atomic E-state index is 4.72. The van der Waals surface area contributed by atoms with Crippen LogP contribution in [-0.4, -0.2) is 36.1 Å². The zero-order valence-electron chi connectivity index (χ0n) is 12.4. The van der Waals surface area contributed by atoms with Gasteiger partial charge in [0.25, 0.3) is 0 Å². The minimum atomic E-state index is 0.217. The SMILES string of the molecule is CCNC(=NCC(C)(C)SC)NC1CCCCC1. The summed E-state index contributed by atoms with van der Waals surface area (Å²) in [6, 6.07) is 0.619. The van der Waals surface area contributed by atoms with E-state index in [2.05, 4.69) is 37.7 Å². The Balaban J connectivity index is 2.49. The monoisotopic (exact) mass is 271 g/mol. The van der Waals surface area contributed by atoms with Crippen LogP contribution in [0.25, 0.3) is 0 Å². The fourth-order valence-electron chi connectivity index (χ4n) is 2.09. The summed E-state index contributed by atoms with van der Waals surface area (Å²) in [5.41, 5.74) is 0. The van der Waals surface area contributed by atoms with Crippen molar-refractivity contribution in [3.8, 4) is 0 Å². The van der Waals surface area contributed by atoms with Crippen LogP contribution in [0.2, 0.25) is 0 Å². The van der Waals surface area contributed by atoms with Crippen LogP contribution in [0.15, 0.2) is 4.99 Å². The second-order valence-electron chi connectivity index (χ2n) is 5.64. The maximum atomic E-state index is 4.72. The van der Waals surface area contributed by atoms with Crippen LogP contribution in [0.3, 0.4) is 0 Å². The molecule has 4 heteroatoms. The third-order valence-electron chi connectivity index (χ3n) is 3.46. The Bertz CT molecular complexity index is 258. The standard InChI is InChI=1S/C14H29N3S/c1-5-15-13(16-11-14(2,3)18-4)17-12-9-7-6-8-10-12/h12H,5-11H2,1-4H3,(H2,15,16,17). The minimum Gasteiger partial charge on any atom is -0.357 e. The molecule has 1 aliphatic carbocycles. The van der Waals surface area contributed by atoms with E-state index in [1.54, 1.807) is 0 Å². The first-order valence-corrected chi connectivity index (χ1v) is 8.40. The zero-order chi connectivity index (χ0) is 13.4. The summed E-state index contributed by atoms with van der Waals surface area (Å²) in [5.74, 6) is 0.992. The van der Waals surface area contributed by atoms with Crippen molar-refractivity contribution in [2.75, 3.05) is 19.3 Å². The summed E-state index contributed by atoms with van der Waals surface area (Å²) in [6.45, 7) is 8.39. The van der Waals surface area contributed by atoms with Crippen molar-refractivity contribution in [1.82, 2.24) is 10.6 Å². The number of hydrogen-bond donors (Lipinski definition) is 2. The molecule has 0 aromatic carbocycles. The van der Waals surface area contributed by atoms with E-state index in [9.17, 15) is 0 Å². The molecule has 0 aliphatic heterocycles. The fourth-order valence-corrected chi connectivity index (χ4v) is 2.29. The second kappa shape index (κ2) is 7.93. The molecule has 3 nitrogen and oxygen atoms in total. The lowest BCUT2D eigenvalue weighted by molar-refractivity contribution is 0.410. The molecule has 0 heterocycles. The summed E-state index contributed by atoms with van der Waals surface area (Å²) < 4.78 is 0.217. The van der Waals surface area contributed by atoms with E-state index in [0.717, 1.165) is 19.0 Å². The number of nitrogens with one attached hydrogen (secondary N) is 2. The zero-order valence-corrected chi connectivity index (χ0v) is 13.2. The van der Waals surface area contributed by atoms with Gasteiger partial charge < -0.3 is 10.6 Å². The quantitative estimate of drug-likeness (QED) is 0.596. The second-order valence-corrected chi connectivity index (χ2v) is 7.15. The molecule has 0 aromatic rings. The van der Waals surface area contributed by atoms with Crippen LogP contribution < -0.4 is 10.6 Å². The van der Waals surface area contributed by atoms with Gasteiger partial charge in [0.15, 0.2) is 5.96 Å². The molecule has 2 N–H and O–H groups in total. The topological polar surface area (TPSA) is 36.4 Å². The van der Waals surface area contributed by atoms with Gasteiger partial charge >= 0.3 is 0 Å². The smallest absolute Gasteiger partial charge is 0.191 e. The lowest BCUT2D eigenvalue weighted by Gasteiger charge is -2.26. The minimum absolute atomic E-state index is 0.217. The Morgan fingerprint density at radius 3 is 2.50 bits per heavy atom. The van der Waals surface area contributed by atoms with E-state index in [4.69, 9.17) is 4.99 Å². The highest BCUT2D eigenvalue weighted by atomic mass is 32.2. The van der Waals surface area contributed by atoms with Gasteiger partial charge in [-0.3, -0.25) is 4.99 Å². The molecule has 0 aromatic heterocycles. The first-order valence-electron chi connectivity index (χ1n) is 7.17. The third-order valence-corrected chi connectivity index (χ3v) is 4.70. The molecule has 1 aliphatic rings. The van der Waals surface area contributed by atoms with Crippen LogP contribution in [0.4, 0.5) is 0 Å². The van der Waals surface area contributed by atoms with Gasteiger partial charge in [0, 0.05) is 17.3 Å². The molecule has 1 rings (SSSR count). The molecular formula is C14H29N3S. The molecule has 18 heavy (non-hydrogen) atoms. The van der Waals surface area contributed by atoms with E-state index >= 15 is 0 Å². The van der Waals surface area contributed by atoms with Gasteiger partial charge in [0.1, 0.15) is 0 Å². The predicted octanol–water partition coefficient (Wildman–Crippen LogP) is 3.02. The van der Waals surface area contributed by atoms with Crippen LogP contribution >= 0.6 is 11.8 Å². The maximum Gasteiger partial charge on any atom is 0.191 e. The van der Waals surface area contributed by atoms with Crippen LogP contribution in [0.5, 0.6) is 0 Å². The van der Waals surface area contributed by atoms with Crippen molar-refractivity contribution in [2.45, 2.75) is 63.7 Å². The molecule has 0 atom stereocenters. The van der Waals surface area contributed by atoms with Crippen LogP contribution in [0.1, 0.15) is 52.9 Å². The molecule has 0 radical (unpaired) electrons. The van der Waals surface area contributed by atoms with Gasteiger partial charge in [-0.1, -0.05) is 19.3 Å². The van der Waals surface area contributed by atoms with Crippen molar-refractivity contribution in [1.29, 1.82) is 0 Å². The Hall–Kier alpha value is -0.380. The van der Waals surface area contributed by atoms with E-state index < -0.39 is 0 Å². The number of nitrogens with zero attached hydrogens (tertiary/aromatic N) is 1. The molecular weight excluding hydrogens is 242 g/mol. The van der Waals surface area contributed by atoms with Gasteiger partial charge in [-0.25, -0.2) is 0 Å². The first kappa shape index (κ1) is 15.7. The number of thioether (sulfide) groups is 1. The van der Waals surface area contributed by atoms with Gasteiger partial charge in [-0.05, 0) is 39.9 Å². The molecule has 1 fully saturated rings. The molecule has 0 unspecified atom stereocenters. The van der Waals surface area contributed by atoms with E-state index in [1.807, 2.05) is 11.8 Å². The molecule has 0 spiro atoms. The Labute approximate surface area is 117 Å². The molecule has 1 saturated carbocycles. The van der Waals surface area contributed by atoms with Crippen molar-refractivity contribution < 1.29 is 0 Å². The molecule has 0 saturated heterocycles. The molecule has 0 amide bonds. The largest absolute Gasteiger partial charge is 0.357 e. The summed E-state index contributed by atoms with van der Waals surface area (Å²) in [6.07, 6.45) is 8.83. The van der Waals surface area contributed by atoms with Crippen molar-refractivity contribution in [3.63, 3.8) is 0 Å². The van der Waals surface area contributed by atoms with Crippen molar-refractivity contribution in [2.24, 2.45) is 4.99 Å². The number of guanidine groups is 1. The molecule has 106 valence electrons. The summed E-state index contributed by atoms with van der Waals surface area (Å²) in [4.78, 5) is 4.72. The summed E-state index contributed by atoms with van der Waals surface area (Å²) in [7, 11) is 0. The lowest BCUT2D eigenvalue weighted by Crippen LogP contribution is -2.44. The summed E-state index contributed by atoms with van der Waals surface area (Å²) >= 11 is 1.87. The van der Waals surface area contributed by atoms with Crippen molar-refractivity contribution in [3.05, 3.63) is 0 Å².